The fourth-order valence-electron chi connectivity index (χ4n) is 4.34. The molecule has 4 rings (SSSR count). The fourth-order valence-corrected chi connectivity index (χ4v) is 4.34. The van der Waals surface area contributed by atoms with Gasteiger partial charge in [-0.25, -0.2) is 0 Å². The van der Waals surface area contributed by atoms with Crippen LogP contribution in [0.5, 0.6) is 0 Å². The Morgan fingerprint density at radius 1 is 0.615 bits per heavy atom. The van der Waals surface area contributed by atoms with Crippen LogP contribution in [0.2, 0.25) is 0 Å². The second kappa shape index (κ2) is 14.6. The van der Waals surface area contributed by atoms with Gasteiger partial charge in [-0.05, 0) is 16.7 Å². The van der Waals surface area contributed by atoms with Crippen LogP contribution in [0.15, 0.2) is 91.0 Å². The third kappa shape index (κ3) is 8.73. The molecule has 0 N–H and O–H groups in total. The highest BCUT2D eigenvalue weighted by molar-refractivity contribution is 5.66. The molecular weight excluding hydrogens is 500 g/mol. The van der Waals surface area contributed by atoms with Crippen LogP contribution >= 0.6 is 0 Å². The van der Waals surface area contributed by atoms with E-state index >= 15 is 0 Å². The first-order valence-electron chi connectivity index (χ1n) is 12.9. The summed E-state index contributed by atoms with van der Waals surface area (Å²) in [5.74, 6) is -1.00. The quantitative estimate of drug-likeness (QED) is 0.312. The molecule has 8 nitrogen and oxygen atoms in total. The SMILES string of the molecule is CC(=O)OCC1O[C@H](OC(C)=O)[C@H](OCc2ccccc2)[C@@H](OCc2ccccc2)[C@@H]1OCc1ccccc1. The maximum absolute atomic E-state index is 12.1. The van der Waals surface area contributed by atoms with Crippen LogP contribution in [0, 0.1) is 0 Å². The molecule has 0 spiro atoms. The summed E-state index contributed by atoms with van der Waals surface area (Å²) >= 11 is 0. The minimum Gasteiger partial charge on any atom is -0.463 e. The van der Waals surface area contributed by atoms with Gasteiger partial charge < -0.3 is 28.4 Å². The van der Waals surface area contributed by atoms with Gasteiger partial charge in [-0.15, -0.1) is 0 Å². The molecule has 0 aromatic heterocycles. The number of ether oxygens (including phenoxy) is 6. The number of esters is 2. The molecule has 5 atom stereocenters. The van der Waals surface area contributed by atoms with Gasteiger partial charge in [0.15, 0.2) is 0 Å². The van der Waals surface area contributed by atoms with Crippen LogP contribution in [0.1, 0.15) is 30.5 Å². The number of hydrogen-bond donors (Lipinski definition) is 0. The molecule has 0 bridgehead atoms. The monoisotopic (exact) mass is 534 g/mol. The predicted molar refractivity (Wildman–Crippen MR) is 142 cm³/mol. The van der Waals surface area contributed by atoms with E-state index in [1.54, 1.807) is 0 Å². The van der Waals surface area contributed by atoms with E-state index in [2.05, 4.69) is 0 Å². The van der Waals surface area contributed by atoms with Gasteiger partial charge in [0.25, 0.3) is 0 Å². The van der Waals surface area contributed by atoms with Gasteiger partial charge in [0.2, 0.25) is 6.29 Å². The largest absolute Gasteiger partial charge is 0.463 e. The average Bonchev–Trinajstić information content (AvgIpc) is 2.95. The molecule has 0 saturated carbocycles. The number of hydrogen-bond acceptors (Lipinski definition) is 8. The zero-order chi connectivity index (χ0) is 27.5. The summed E-state index contributed by atoms with van der Waals surface area (Å²) in [5, 5.41) is 0. The Bertz CT molecular complexity index is 1150. The Labute approximate surface area is 228 Å². The summed E-state index contributed by atoms with van der Waals surface area (Å²) in [6.07, 6.45) is -4.15. The molecule has 1 heterocycles. The number of rotatable bonds is 12. The van der Waals surface area contributed by atoms with E-state index in [4.69, 9.17) is 28.4 Å². The van der Waals surface area contributed by atoms with Crippen LogP contribution in [0.3, 0.4) is 0 Å². The third-order valence-corrected chi connectivity index (χ3v) is 6.18. The summed E-state index contributed by atoms with van der Waals surface area (Å²) in [6.45, 7) is 3.27. The molecule has 8 heteroatoms. The van der Waals surface area contributed by atoms with Crippen molar-refractivity contribution < 1.29 is 38.0 Å². The Morgan fingerprint density at radius 3 is 1.49 bits per heavy atom. The van der Waals surface area contributed by atoms with Gasteiger partial charge in [0, 0.05) is 13.8 Å². The molecule has 1 aliphatic rings. The fraction of sp³-hybridized carbons (Fsp3) is 0.355. The topological polar surface area (TPSA) is 89.5 Å². The van der Waals surface area contributed by atoms with E-state index in [1.807, 2.05) is 91.0 Å². The minimum atomic E-state index is -1.11. The standard InChI is InChI=1S/C31H34O8/c1-22(32)34-21-27-28(35-18-24-12-6-3-7-13-24)29(36-19-25-14-8-4-9-15-25)30(31(39-27)38-23(2)33)37-20-26-16-10-5-11-17-26/h3-17,27-31H,18-21H2,1-2H3/t27?,28-,29+,30-,31+/m1/s1. The first-order chi connectivity index (χ1) is 19.0. The Morgan fingerprint density at radius 2 is 1.05 bits per heavy atom. The van der Waals surface area contributed by atoms with Crippen molar-refractivity contribution in [2.75, 3.05) is 6.61 Å². The average molecular weight is 535 g/mol. The maximum atomic E-state index is 12.1. The second-order valence-electron chi connectivity index (χ2n) is 9.24. The van der Waals surface area contributed by atoms with E-state index in [-0.39, 0.29) is 26.4 Å². The van der Waals surface area contributed by atoms with Gasteiger partial charge in [-0.3, -0.25) is 9.59 Å². The van der Waals surface area contributed by atoms with Gasteiger partial charge in [-0.2, -0.15) is 0 Å². The van der Waals surface area contributed by atoms with Gasteiger partial charge in [0.05, 0.1) is 19.8 Å². The number of benzene rings is 3. The lowest BCUT2D eigenvalue weighted by atomic mass is 9.97. The second-order valence-corrected chi connectivity index (χ2v) is 9.24. The van der Waals surface area contributed by atoms with Crippen molar-refractivity contribution >= 4 is 11.9 Å². The Hall–Kier alpha value is -3.56. The molecule has 0 amide bonds. The molecule has 1 saturated heterocycles. The van der Waals surface area contributed by atoms with Crippen LogP contribution in [-0.4, -0.2) is 49.3 Å². The highest BCUT2D eigenvalue weighted by Crippen LogP contribution is 2.31. The molecule has 1 aliphatic heterocycles. The number of carbonyl (C=O) groups excluding carboxylic acids is 2. The van der Waals surface area contributed by atoms with Crippen LogP contribution < -0.4 is 0 Å². The number of carbonyl (C=O) groups is 2. The van der Waals surface area contributed by atoms with Crippen molar-refractivity contribution in [2.45, 2.75) is 64.4 Å². The summed E-state index contributed by atoms with van der Waals surface area (Å²) < 4.78 is 36.2. The molecule has 1 fully saturated rings. The molecule has 1 unspecified atom stereocenters. The molecule has 0 radical (unpaired) electrons. The molecular formula is C31H34O8. The summed E-state index contributed by atoms with van der Waals surface area (Å²) in [4.78, 5) is 23.8. The molecule has 39 heavy (non-hydrogen) atoms. The lowest BCUT2D eigenvalue weighted by Crippen LogP contribution is -2.62. The van der Waals surface area contributed by atoms with E-state index in [1.165, 1.54) is 13.8 Å². The van der Waals surface area contributed by atoms with Crippen molar-refractivity contribution in [3.05, 3.63) is 108 Å². The summed E-state index contributed by atoms with van der Waals surface area (Å²) in [5.41, 5.74) is 2.84. The zero-order valence-electron chi connectivity index (χ0n) is 22.1. The van der Waals surface area contributed by atoms with E-state index in [0.29, 0.717) is 0 Å². The van der Waals surface area contributed by atoms with Gasteiger partial charge >= 0.3 is 11.9 Å². The van der Waals surface area contributed by atoms with E-state index in [0.717, 1.165) is 16.7 Å². The minimum absolute atomic E-state index is 0.108. The summed E-state index contributed by atoms with van der Waals surface area (Å²) in [7, 11) is 0. The van der Waals surface area contributed by atoms with Crippen molar-refractivity contribution in [1.29, 1.82) is 0 Å². The summed E-state index contributed by atoms with van der Waals surface area (Å²) in [6, 6.07) is 29.1. The Kier molecular flexibility index (Phi) is 10.6. The van der Waals surface area contributed by atoms with E-state index in [9.17, 15) is 9.59 Å². The van der Waals surface area contributed by atoms with Crippen LogP contribution in [-0.2, 0) is 57.8 Å². The lowest BCUT2D eigenvalue weighted by molar-refractivity contribution is -0.318. The van der Waals surface area contributed by atoms with E-state index < -0.39 is 42.6 Å². The molecule has 3 aromatic carbocycles. The van der Waals surface area contributed by atoms with Crippen molar-refractivity contribution in [1.82, 2.24) is 0 Å². The van der Waals surface area contributed by atoms with Crippen molar-refractivity contribution in [3.63, 3.8) is 0 Å². The molecule has 3 aromatic rings. The van der Waals surface area contributed by atoms with Gasteiger partial charge in [-0.1, -0.05) is 91.0 Å². The first kappa shape index (κ1) is 28.4. The van der Waals surface area contributed by atoms with Gasteiger partial charge in [0.1, 0.15) is 31.0 Å². The maximum Gasteiger partial charge on any atom is 0.305 e. The lowest BCUT2D eigenvalue weighted by Gasteiger charge is -2.45. The van der Waals surface area contributed by atoms with Crippen molar-refractivity contribution in [3.8, 4) is 0 Å². The Balaban J connectivity index is 1.64. The highest BCUT2D eigenvalue weighted by Gasteiger charge is 2.50. The third-order valence-electron chi connectivity index (χ3n) is 6.18. The smallest absolute Gasteiger partial charge is 0.305 e. The normalized spacial score (nSPS) is 22.7. The predicted octanol–water partition coefficient (Wildman–Crippen LogP) is 4.59. The van der Waals surface area contributed by atoms with Crippen LogP contribution in [0.4, 0.5) is 0 Å². The van der Waals surface area contributed by atoms with Crippen LogP contribution in [0.25, 0.3) is 0 Å². The zero-order valence-corrected chi connectivity index (χ0v) is 22.1. The molecule has 0 aliphatic carbocycles. The first-order valence-corrected chi connectivity index (χ1v) is 12.9. The highest BCUT2D eigenvalue weighted by atomic mass is 16.7. The molecule has 206 valence electrons. The van der Waals surface area contributed by atoms with Crippen molar-refractivity contribution in [2.24, 2.45) is 0 Å².